The van der Waals surface area contributed by atoms with Crippen LogP contribution in [0.2, 0.25) is 0 Å². The van der Waals surface area contributed by atoms with Gasteiger partial charge < -0.3 is 23.7 Å². The third-order valence-electron chi connectivity index (χ3n) is 4.92. The summed E-state index contributed by atoms with van der Waals surface area (Å²) in [6.45, 7) is 35.1. The summed E-state index contributed by atoms with van der Waals surface area (Å²) in [5.74, 6) is -1.91. The maximum atomic E-state index is 11.1. The number of rotatable bonds is 15. The summed E-state index contributed by atoms with van der Waals surface area (Å²) in [5.41, 5.74) is 2.73. The van der Waals surface area contributed by atoms with Crippen molar-refractivity contribution in [2.75, 3.05) is 26.9 Å². The van der Waals surface area contributed by atoms with E-state index in [-0.39, 0.29) is 37.2 Å². The molecule has 0 fully saturated rings. The predicted molar refractivity (Wildman–Crippen MR) is 196 cm³/mol. The molecule has 0 amide bonds. The highest BCUT2D eigenvalue weighted by atomic mass is 16.6. The maximum Gasteiger partial charge on any atom is 0.333 e. The van der Waals surface area contributed by atoms with Crippen molar-refractivity contribution in [3.05, 3.63) is 116 Å². The Hall–Kier alpha value is -5.25. The fourth-order valence-electron chi connectivity index (χ4n) is 2.18. The van der Waals surface area contributed by atoms with Crippen molar-refractivity contribution < 1.29 is 47.7 Å². The molecule has 0 saturated carbocycles. The van der Waals surface area contributed by atoms with E-state index in [0.29, 0.717) is 35.3 Å². The molecular formula is C39H56O10. The smallest absolute Gasteiger partial charge is 0.333 e. The van der Waals surface area contributed by atoms with E-state index in [2.05, 4.69) is 60.3 Å². The Balaban J connectivity index is -0.000000268. The molecule has 0 aromatic heterocycles. The van der Waals surface area contributed by atoms with Crippen molar-refractivity contribution in [1.29, 1.82) is 0 Å². The normalized spacial score (nSPS) is 9.29. The van der Waals surface area contributed by atoms with E-state index in [1.54, 1.807) is 34.6 Å². The molecule has 10 nitrogen and oxygen atoms in total. The lowest BCUT2D eigenvalue weighted by Crippen LogP contribution is -2.18. The third-order valence-corrected chi connectivity index (χ3v) is 4.92. The van der Waals surface area contributed by atoms with E-state index in [9.17, 15) is 24.0 Å². The third kappa shape index (κ3) is 37.1. The van der Waals surface area contributed by atoms with Gasteiger partial charge in [-0.25, -0.2) is 24.0 Å². The highest BCUT2D eigenvalue weighted by Gasteiger charge is 2.11. The van der Waals surface area contributed by atoms with Crippen LogP contribution in [-0.2, 0) is 47.7 Å². The number of methoxy groups -OCH3 is 1. The molecule has 0 saturated heterocycles. The van der Waals surface area contributed by atoms with Gasteiger partial charge >= 0.3 is 29.8 Å². The maximum absolute atomic E-state index is 11.1. The SMILES string of the molecule is C=C(C)C(=O)OC.C=C(C)C(=O)OCCC(C)OC(=O)C(=C)C.C=CC(=O)OCCCC.C=CCOC(=O)C(=C)C.C=Cc1ccccc1. The van der Waals surface area contributed by atoms with Crippen LogP contribution in [0, 0.1) is 0 Å². The molecule has 1 unspecified atom stereocenters. The van der Waals surface area contributed by atoms with Crippen LogP contribution in [0.5, 0.6) is 0 Å². The summed E-state index contributed by atoms with van der Waals surface area (Å²) >= 11 is 0. The van der Waals surface area contributed by atoms with Gasteiger partial charge in [0.25, 0.3) is 0 Å². The van der Waals surface area contributed by atoms with Gasteiger partial charge in [-0.15, -0.1) is 0 Å². The van der Waals surface area contributed by atoms with Crippen molar-refractivity contribution >= 4 is 35.9 Å². The summed E-state index contributed by atoms with van der Waals surface area (Å²) in [6.07, 6.45) is 6.65. The molecule has 272 valence electrons. The zero-order valence-electron chi connectivity index (χ0n) is 30.5. The fraction of sp³-hybridized carbons (Fsp3) is 0.359. The van der Waals surface area contributed by atoms with Crippen molar-refractivity contribution in [3.63, 3.8) is 0 Å². The molecule has 1 rings (SSSR count). The molecule has 0 aliphatic rings. The molecule has 0 radical (unpaired) electrons. The second-order valence-corrected chi connectivity index (χ2v) is 9.98. The molecule has 0 bridgehead atoms. The number of hydrogen-bond donors (Lipinski definition) is 0. The molecular weight excluding hydrogens is 628 g/mol. The van der Waals surface area contributed by atoms with Gasteiger partial charge in [0.15, 0.2) is 0 Å². The number of carbonyl (C=O) groups excluding carboxylic acids is 5. The topological polar surface area (TPSA) is 132 Å². The Kier molecular flexibility index (Phi) is 35.2. The lowest BCUT2D eigenvalue weighted by Gasteiger charge is -2.13. The Bertz CT molecular complexity index is 1230. The molecule has 0 heterocycles. The lowest BCUT2D eigenvalue weighted by molar-refractivity contribution is -0.146. The Labute approximate surface area is 293 Å². The first kappa shape index (κ1) is 50.6. The molecule has 10 heteroatoms. The molecule has 0 aliphatic heterocycles. The van der Waals surface area contributed by atoms with Crippen LogP contribution in [0.1, 0.15) is 66.4 Å². The van der Waals surface area contributed by atoms with Gasteiger partial charge in [-0.2, -0.15) is 0 Å². The van der Waals surface area contributed by atoms with E-state index >= 15 is 0 Å². The Morgan fingerprint density at radius 1 is 0.714 bits per heavy atom. The molecule has 0 aliphatic carbocycles. The first-order chi connectivity index (χ1) is 22.9. The van der Waals surface area contributed by atoms with Gasteiger partial charge in [0.05, 0.1) is 20.3 Å². The minimum Gasteiger partial charge on any atom is -0.466 e. The molecule has 1 atom stereocenters. The van der Waals surface area contributed by atoms with Gasteiger partial charge in [0, 0.05) is 34.8 Å². The van der Waals surface area contributed by atoms with E-state index in [0.717, 1.165) is 12.8 Å². The number of esters is 5. The number of unbranched alkanes of at least 4 members (excludes halogenated alkanes) is 1. The highest BCUT2D eigenvalue weighted by Crippen LogP contribution is 2.03. The molecule has 0 spiro atoms. The van der Waals surface area contributed by atoms with Crippen molar-refractivity contribution in [3.8, 4) is 0 Å². The minimum atomic E-state index is -0.432. The summed E-state index contributed by atoms with van der Waals surface area (Å²) in [7, 11) is 1.33. The Morgan fingerprint density at radius 3 is 1.55 bits per heavy atom. The molecule has 1 aromatic carbocycles. The van der Waals surface area contributed by atoms with Crippen LogP contribution in [0.3, 0.4) is 0 Å². The van der Waals surface area contributed by atoms with E-state index in [4.69, 9.17) is 9.47 Å². The minimum absolute atomic E-state index is 0.205. The van der Waals surface area contributed by atoms with Gasteiger partial charge in [0.1, 0.15) is 12.7 Å². The van der Waals surface area contributed by atoms with Crippen LogP contribution in [0.25, 0.3) is 6.08 Å². The van der Waals surface area contributed by atoms with E-state index in [1.165, 1.54) is 24.8 Å². The summed E-state index contributed by atoms with van der Waals surface area (Å²) in [4.78, 5) is 53.2. The van der Waals surface area contributed by atoms with Crippen LogP contribution < -0.4 is 0 Å². The van der Waals surface area contributed by atoms with Gasteiger partial charge in [-0.1, -0.05) is 102 Å². The molecule has 1 aromatic rings. The summed E-state index contributed by atoms with van der Waals surface area (Å²) < 4.78 is 23.4. The first-order valence-electron chi connectivity index (χ1n) is 15.3. The van der Waals surface area contributed by atoms with Crippen molar-refractivity contribution in [2.45, 2.75) is 66.9 Å². The number of ether oxygens (including phenoxy) is 5. The average Bonchev–Trinajstić information content (AvgIpc) is 3.07. The zero-order valence-corrected chi connectivity index (χ0v) is 30.5. The van der Waals surface area contributed by atoms with Gasteiger partial charge in [-0.05, 0) is 46.6 Å². The van der Waals surface area contributed by atoms with Crippen LogP contribution in [-0.4, -0.2) is 62.9 Å². The molecule has 0 N–H and O–H groups in total. The zero-order chi connectivity index (χ0) is 38.8. The summed E-state index contributed by atoms with van der Waals surface area (Å²) in [6, 6.07) is 10.0. The first-order valence-corrected chi connectivity index (χ1v) is 15.3. The van der Waals surface area contributed by atoms with Crippen LogP contribution >= 0.6 is 0 Å². The highest BCUT2D eigenvalue weighted by molar-refractivity contribution is 5.88. The number of carbonyl (C=O) groups is 5. The van der Waals surface area contributed by atoms with E-state index in [1.807, 2.05) is 43.3 Å². The second kappa shape index (κ2) is 34.1. The number of benzene rings is 1. The van der Waals surface area contributed by atoms with Gasteiger partial charge in [-0.3, -0.25) is 0 Å². The molecule has 49 heavy (non-hydrogen) atoms. The van der Waals surface area contributed by atoms with Gasteiger partial charge in [0.2, 0.25) is 0 Å². The predicted octanol–water partition coefficient (Wildman–Crippen LogP) is 7.88. The van der Waals surface area contributed by atoms with Crippen LogP contribution in [0.4, 0.5) is 0 Å². The van der Waals surface area contributed by atoms with Crippen LogP contribution in [0.15, 0.2) is 111 Å². The fourth-order valence-corrected chi connectivity index (χ4v) is 2.18. The quantitative estimate of drug-likeness (QED) is 0.0591. The average molecular weight is 685 g/mol. The standard InChI is InChI=1S/C12H18O4.C8H8.C7H10O2.C7H12O2.C5H8O2/c1-8(2)11(13)15-7-6-10(5)16-12(14)9(3)4;1-2-8-6-4-3-5-7-8;1-4-5-9-7(8)6(2)3;1-3-5-6-9-7(8)4-2;1-4(2)5(6)7-3/h10H,1,3,6-7H2,2,4-5H3;2-7H,1H2;4H,1-2,5H2,3H3;4H,2-3,5-6H2,1H3;1H2,2-3H3. The Morgan fingerprint density at radius 2 is 1.20 bits per heavy atom. The second-order valence-electron chi connectivity index (χ2n) is 9.98. The monoisotopic (exact) mass is 684 g/mol. The van der Waals surface area contributed by atoms with E-state index < -0.39 is 11.9 Å². The lowest BCUT2D eigenvalue weighted by atomic mass is 10.2. The van der Waals surface area contributed by atoms with Crippen molar-refractivity contribution in [2.24, 2.45) is 0 Å². The van der Waals surface area contributed by atoms with Crippen molar-refractivity contribution in [1.82, 2.24) is 0 Å². The summed E-state index contributed by atoms with van der Waals surface area (Å²) in [5, 5.41) is 0. The number of hydrogen-bond acceptors (Lipinski definition) is 10. The largest absolute Gasteiger partial charge is 0.466 e.